The fourth-order valence-electron chi connectivity index (χ4n) is 4.51. The van der Waals surface area contributed by atoms with Gasteiger partial charge in [-0.15, -0.1) is 0 Å². The minimum absolute atomic E-state index is 0.288. The van der Waals surface area contributed by atoms with Crippen LogP contribution in [0.1, 0.15) is 25.8 Å². The van der Waals surface area contributed by atoms with E-state index in [0.717, 1.165) is 0 Å². The normalized spacial score (nSPS) is 40.1. The smallest absolute Gasteiger partial charge is 0.240 e. The second-order valence-electron chi connectivity index (χ2n) is 7.06. The Balaban J connectivity index is 1.79. The summed E-state index contributed by atoms with van der Waals surface area (Å²) in [4.78, 5) is 27.2. The number of nitriles is 1. The molecule has 3 aliphatic heterocycles. The highest BCUT2D eigenvalue weighted by Crippen LogP contribution is 2.60. The molecule has 2 amide bonds. The maximum Gasteiger partial charge on any atom is 0.240 e. The summed E-state index contributed by atoms with van der Waals surface area (Å²) in [6.07, 6.45) is -0.413. The zero-order valence-electron chi connectivity index (χ0n) is 13.1. The number of halogens is 1. The third-order valence-corrected chi connectivity index (χ3v) is 6.52. The van der Waals surface area contributed by atoms with Crippen molar-refractivity contribution in [3.8, 4) is 6.07 Å². The predicted molar refractivity (Wildman–Crippen MR) is 91.9 cm³/mol. The van der Waals surface area contributed by atoms with Crippen molar-refractivity contribution >= 4 is 40.1 Å². The van der Waals surface area contributed by atoms with Crippen LogP contribution in [0, 0.1) is 26.7 Å². The van der Waals surface area contributed by atoms with Gasteiger partial charge in [-0.05, 0) is 54.6 Å². The zero-order chi connectivity index (χ0) is 17.4. The maximum atomic E-state index is 13.0. The molecule has 0 spiro atoms. The maximum absolute atomic E-state index is 13.0. The summed E-state index contributed by atoms with van der Waals surface area (Å²) in [5.41, 5.74) is -0.888. The fourth-order valence-corrected chi connectivity index (χ4v) is 5.13. The van der Waals surface area contributed by atoms with Gasteiger partial charge in [0.25, 0.3) is 0 Å². The Kier molecular flexibility index (Phi) is 3.18. The second kappa shape index (κ2) is 4.77. The number of carbonyl (C=O) groups excluding carboxylic acids is 2. The third-order valence-electron chi connectivity index (χ3n) is 5.63. The molecule has 2 bridgehead atoms. The van der Waals surface area contributed by atoms with Crippen molar-refractivity contribution in [2.45, 2.75) is 37.6 Å². The quantitative estimate of drug-likeness (QED) is 0.531. The van der Waals surface area contributed by atoms with E-state index < -0.39 is 29.1 Å². The molecule has 0 radical (unpaired) electrons. The van der Waals surface area contributed by atoms with Crippen molar-refractivity contribution in [2.75, 3.05) is 4.90 Å². The molecular formula is C17H15IN2O4. The molecule has 0 aliphatic carbocycles. The van der Waals surface area contributed by atoms with Crippen LogP contribution < -0.4 is 4.90 Å². The van der Waals surface area contributed by atoms with E-state index in [-0.39, 0.29) is 11.8 Å². The first-order valence-corrected chi connectivity index (χ1v) is 8.76. The van der Waals surface area contributed by atoms with Crippen LogP contribution in [0.3, 0.4) is 0 Å². The number of aliphatic hydroxyl groups is 1. The Morgan fingerprint density at radius 1 is 1.33 bits per heavy atom. The van der Waals surface area contributed by atoms with Crippen molar-refractivity contribution in [1.82, 2.24) is 0 Å². The van der Waals surface area contributed by atoms with Crippen molar-refractivity contribution < 1.29 is 19.4 Å². The predicted octanol–water partition coefficient (Wildman–Crippen LogP) is 1.58. The Labute approximate surface area is 152 Å². The summed E-state index contributed by atoms with van der Waals surface area (Å²) < 4.78 is 6.63. The average Bonchev–Trinajstić information content (AvgIpc) is 3.01. The molecule has 1 aromatic carbocycles. The van der Waals surface area contributed by atoms with Gasteiger partial charge in [-0.3, -0.25) is 9.59 Å². The van der Waals surface area contributed by atoms with Crippen molar-refractivity contribution in [1.29, 1.82) is 5.26 Å². The van der Waals surface area contributed by atoms with Crippen LogP contribution in [-0.4, -0.2) is 34.2 Å². The van der Waals surface area contributed by atoms with Crippen LogP contribution in [0.15, 0.2) is 18.2 Å². The first kappa shape index (κ1) is 16.0. The number of carbonyl (C=O) groups is 2. The molecule has 0 aromatic heterocycles. The number of nitrogens with zero attached hydrogens (tertiary/aromatic N) is 2. The van der Waals surface area contributed by atoms with Gasteiger partial charge in [-0.2, -0.15) is 5.26 Å². The molecule has 3 fully saturated rings. The van der Waals surface area contributed by atoms with Gasteiger partial charge >= 0.3 is 0 Å². The molecule has 1 unspecified atom stereocenters. The largest absolute Gasteiger partial charge is 0.390 e. The summed E-state index contributed by atoms with van der Waals surface area (Å²) in [5.74, 6) is -1.88. The standard InChI is InChI=1S/C17H15IN2O4/c1-16-6-11(21)17(2,24-16)13-12(16)14(22)20(15(13)23)9-4-3-8(7-19)10(18)5-9/h3-5,11-13,21H,6H2,1-2H3/t11-,12-,13?,16+,17-/m0/s1. The third kappa shape index (κ3) is 1.76. The Morgan fingerprint density at radius 3 is 2.62 bits per heavy atom. The Morgan fingerprint density at radius 2 is 2.00 bits per heavy atom. The molecule has 7 heteroatoms. The summed E-state index contributed by atoms with van der Waals surface area (Å²) in [6.45, 7) is 3.51. The van der Waals surface area contributed by atoms with E-state index in [1.54, 1.807) is 32.0 Å². The molecule has 5 atom stereocenters. The molecule has 3 saturated heterocycles. The lowest BCUT2D eigenvalue weighted by Crippen LogP contribution is -2.49. The number of benzene rings is 1. The van der Waals surface area contributed by atoms with Gasteiger partial charge in [-0.25, -0.2) is 4.90 Å². The van der Waals surface area contributed by atoms with Crippen LogP contribution in [0.2, 0.25) is 0 Å². The second-order valence-corrected chi connectivity index (χ2v) is 8.22. The molecule has 1 aromatic rings. The number of amides is 2. The topological polar surface area (TPSA) is 90.6 Å². The molecule has 24 heavy (non-hydrogen) atoms. The van der Waals surface area contributed by atoms with Crippen molar-refractivity contribution in [3.05, 3.63) is 27.3 Å². The van der Waals surface area contributed by atoms with E-state index in [4.69, 9.17) is 10.00 Å². The number of imide groups is 1. The molecule has 6 nitrogen and oxygen atoms in total. The number of fused-ring (bicyclic) bond motifs is 5. The average molecular weight is 438 g/mol. The van der Waals surface area contributed by atoms with Gasteiger partial charge in [-0.1, -0.05) is 0 Å². The lowest BCUT2D eigenvalue weighted by atomic mass is 9.67. The summed E-state index contributed by atoms with van der Waals surface area (Å²) >= 11 is 2.01. The van der Waals surface area contributed by atoms with E-state index in [9.17, 15) is 14.7 Å². The van der Waals surface area contributed by atoms with E-state index >= 15 is 0 Å². The van der Waals surface area contributed by atoms with E-state index in [1.165, 1.54) is 4.90 Å². The number of anilines is 1. The summed E-state index contributed by atoms with van der Waals surface area (Å²) in [7, 11) is 0. The molecule has 1 N–H and O–H groups in total. The lowest BCUT2D eigenvalue weighted by Gasteiger charge is -2.31. The molecule has 3 aliphatic rings. The molecular weight excluding hydrogens is 423 g/mol. The van der Waals surface area contributed by atoms with Crippen LogP contribution in [-0.2, 0) is 14.3 Å². The van der Waals surface area contributed by atoms with E-state index in [0.29, 0.717) is 21.2 Å². The SMILES string of the molecule is C[C@]12C[C@H](O)[C@](C)(O1)C1C(=O)N(c3ccc(C#N)c(I)c3)C(=O)[C@H]12. The number of rotatable bonds is 1. The highest BCUT2D eigenvalue weighted by atomic mass is 127. The van der Waals surface area contributed by atoms with Gasteiger partial charge in [0.1, 0.15) is 11.7 Å². The number of ether oxygens (including phenoxy) is 1. The van der Waals surface area contributed by atoms with Crippen LogP contribution in [0.4, 0.5) is 5.69 Å². The van der Waals surface area contributed by atoms with Crippen LogP contribution >= 0.6 is 22.6 Å². The van der Waals surface area contributed by atoms with Gasteiger partial charge in [0.05, 0.1) is 34.8 Å². The van der Waals surface area contributed by atoms with E-state index in [1.807, 2.05) is 22.6 Å². The van der Waals surface area contributed by atoms with Crippen LogP contribution in [0.5, 0.6) is 0 Å². The minimum Gasteiger partial charge on any atom is -0.390 e. The van der Waals surface area contributed by atoms with Gasteiger partial charge in [0, 0.05) is 9.99 Å². The van der Waals surface area contributed by atoms with Gasteiger partial charge in [0.15, 0.2) is 0 Å². The summed E-state index contributed by atoms with van der Waals surface area (Å²) in [5, 5.41) is 19.4. The van der Waals surface area contributed by atoms with Gasteiger partial charge in [0.2, 0.25) is 11.8 Å². The highest BCUT2D eigenvalue weighted by Gasteiger charge is 2.75. The number of hydrogen-bond acceptors (Lipinski definition) is 5. The Hall–Kier alpha value is -1.50. The highest BCUT2D eigenvalue weighted by molar-refractivity contribution is 14.1. The lowest BCUT2D eigenvalue weighted by molar-refractivity contribution is -0.132. The first-order chi connectivity index (χ1) is 11.2. The molecule has 124 valence electrons. The first-order valence-electron chi connectivity index (χ1n) is 7.68. The molecule has 4 rings (SSSR count). The van der Waals surface area contributed by atoms with E-state index in [2.05, 4.69) is 6.07 Å². The van der Waals surface area contributed by atoms with Gasteiger partial charge < -0.3 is 9.84 Å². The zero-order valence-corrected chi connectivity index (χ0v) is 15.3. The van der Waals surface area contributed by atoms with Crippen molar-refractivity contribution in [2.24, 2.45) is 11.8 Å². The van der Waals surface area contributed by atoms with Crippen molar-refractivity contribution in [3.63, 3.8) is 0 Å². The number of hydrogen-bond donors (Lipinski definition) is 1. The minimum atomic E-state index is -1.03. The Bertz CT molecular complexity index is 834. The number of aliphatic hydroxyl groups excluding tert-OH is 1. The fraction of sp³-hybridized carbons (Fsp3) is 0.471. The molecule has 3 heterocycles. The molecule has 0 saturated carbocycles. The monoisotopic (exact) mass is 438 g/mol. The van der Waals surface area contributed by atoms with Crippen LogP contribution in [0.25, 0.3) is 0 Å². The summed E-state index contributed by atoms with van der Waals surface area (Å²) in [6, 6.07) is 6.95.